The van der Waals surface area contributed by atoms with E-state index in [1.54, 1.807) is 12.1 Å². The van der Waals surface area contributed by atoms with Crippen molar-refractivity contribution in [2.45, 2.75) is 44.9 Å². The van der Waals surface area contributed by atoms with Gasteiger partial charge in [0, 0.05) is 12.1 Å². The van der Waals surface area contributed by atoms with Crippen LogP contribution in [0.2, 0.25) is 0 Å². The molecule has 0 atom stereocenters. The van der Waals surface area contributed by atoms with Gasteiger partial charge in [-0.25, -0.2) is 0 Å². The smallest absolute Gasteiger partial charge is 0.258 e. The molecule has 1 aromatic rings. The Kier molecular flexibility index (Phi) is 4.52. The average Bonchev–Trinajstić information content (AvgIpc) is 2.36. The summed E-state index contributed by atoms with van der Waals surface area (Å²) in [6.45, 7) is 6.07. The quantitative estimate of drug-likeness (QED) is 0.444. The predicted molar refractivity (Wildman–Crippen MR) is 70.6 cm³/mol. The largest absolute Gasteiger partial charge is 0.269 e. The minimum absolute atomic E-state index is 0.136. The number of hydrogen-bond acceptors (Lipinski definition) is 2. The van der Waals surface area contributed by atoms with E-state index in [1.165, 1.54) is 6.07 Å². The van der Waals surface area contributed by atoms with Crippen molar-refractivity contribution in [1.82, 2.24) is 0 Å². The summed E-state index contributed by atoms with van der Waals surface area (Å²) >= 11 is 6.58. The van der Waals surface area contributed by atoms with E-state index in [2.05, 4.69) is 0 Å². The number of benzene rings is 1. The van der Waals surface area contributed by atoms with Gasteiger partial charge >= 0.3 is 0 Å². The lowest BCUT2D eigenvalue weighted by Gasteiger charge is -2.26. The Balaban J connectivity index is 3.30. The number of halogens is 1. The Bertz CT molecular complexity index is 414. The van der Waals surface area contributed by atoms with Gasteiger partial charge in [0.15, 0.2) is 0 Å². The maximum Gasteiger partial charge on any atom is 0.269 e. The van der Waals surface area contributed by atoms with Crippen molar-refractivity contribution in [3.05, 3.63) is 39.4 Å². The molecule has 0 aliphatic carbocycles. The Hall–Kier alpha value is -1.09. The van der Waals surface area contributed by atoms with Crippen molar-refractivity contribution < 1.29 is 4.92 Å². The number of alkyl halides is 1. The van der Waals surface area contributed by atoms with Crippen LogP contribution in [0.1, 0.15) is 44.7 Å². The summed E-state index contributed by atoms with van der Waals surface area (Å²) in [7, 11) is 0. The highest BCUT2D eigenvalue weighted by Gasteiger charge is 2.28. The van der Waals surface area contributed by atoms with Gasteiger partial charge in [0.05, 0.1) is 9.80 Å². The standard InChI is InChI=1S/C13H18ClNO2/c1-4-10-9-11(15(16)17)7-8-12(10)13(14,5-2)6-3/h7-9H,4-6H2,1-3H3. The van der Waals surface area contributed by atoms with Crippen LogP contribution in [-0.2, 0) is 11.3 Å². The van der Waals surface area contributed by atoms with E-state index in [4.69, 9.17) is 11.6 Å². The molecule has 0 spiro atoms. The van der Waals surface area contributed by atoms with Crippen LogP contribution in [0.25, 0.3) is 0 Å². The normalized spacial score (nSPS) is 11.5. The Morgan fingerprint density at radius 1 is 1.29 bits per heavy atom. The molecule has 1 aromatic carbocycles. The molecule has 3 nitrogen and oxygen atoms in total. The summed E-state index contributed by atoms with van der Waals surface area (Å²) in [6.07, 6.45) is 2.39. The van der Waals surface area contributed by atoms with Crippen LogP contribution >= 0.6 is 11.6 Å². The molecular formula is C13H18ClNO2. The second-order valence-corrected chi connectivity index (χ2v) is 4.85. The summed E-state index contributed by atoms with van der Waals surface area (Å²) in [5.41, 5.74) is 2.13. The molecule has 0 bridgehead atoms. The molecule has 94 valence electrons. The van der Waals surface area contributed by atoms with Crippen molar-refractivity contribution in [3.63, 3.8) is 0 Å². The van der Waals surface area contributed by atoms with Gasteiger partial charge in [0.2, 0.25) is 0 Å². The van der Waals surface area contributed by atoms with Crippen LogP contribution in [0, 0.1) is 10.1 Å². The fourth-order valence-electron chi connectivity index (χ4n) is 2.05. The summed E-state index contributed by atoms with van der Waals surface area (Å²) in [5, 5.41) is 10.7. The molecule has 0 fully saturated rings. The monoisotopic (exact) mass is 255 g/mol. The van der Waals surface area contributed by atoms with E-state index in [-0.39, 0.29) is 10.6 Å². The molecule has 0 saturated carbocycles. The Morgan fingerprint density at radius 2 is 1.88 bits per heavy atom. The van der Waals surface area contributed by atoms with Crippen molar-refractivity contribution in [2.75, 3.05) is 0 Å². The summed E-state index contributed by atoms with van der Waals surface area (Å²) in [5.74, 6) is 0. The third-order valence-corrected chi connectivity index (χ3v) is 4.02. The minimum Gasteiger partial charge on any atom is -0.258 e. The molecule has 17 heavy (non-hydrogen) atoms. The lowest BCUT2D eigenvalue weighted by atomic mass is 9.88. The number of nitro benzene ring substituents is 1. The first-order valence-electron chi connectivity index (χ1n) is 5.95. The van der Waals surface area contributed by atoms with Crippen LogP contribution in [-0.4, -0.2) is 4.92 Å². The number of nitrogens with zero attached hydrogens (tertiary/aromatic N) is 1. The lowest BCUT2D eigenvalue weighted by Crippen LogP contribution is -2.18. The van der Waals surface area contributed by atoms with Gasteiger partial charge in [-0.1, -0.05) is 26.8 Å². The first-order valence-corrected chi connectivity index (χ1v) is 6.33. The molecule has 1 rings (SSSR count). The second-order valence-electron chi connectivity index (χ2n) is 4.12. The maximum absolute atomic E-state index is 10.7. The van der Waals surface area contributed by atoms with Crippen LogP contribution in [0.5, 0.6) is 0 Å². The predicted octanol–water partition coefficient (Wildman–Crippen LogP) is 4.41. The van der Waals surface area contributed by atoms with E-state index >= 15 is 0 Å². The molecule has 0 N–H and O–H groups in total. The zero-order valence-electron chi connectivity index (χ0n) is 10.5. The molecule has 0 aromatic heterocycles. The maximum atomic E-state index is 10.7. The second kappa shape index (κ2) is 5.50. The van der Waals surface area contributed by atoms with Gasteiger partial charge in [0.25, 0.3) is 5.69 Å². The third-order valence-electron chi connectivity index (χ3n) is 3.28. The molecule has 4 heteroatoms. The number of aryl methyl sites for hydroxylation is 1. The van der Waals surface area contributed by atoms with Crippen molar-refractivity contribution in [1.29, 1.82) is 0 Å². The van der Waals surface area contributed by atoms with Crippen LogP contribution in [0.4, 0.5) is 5.69 Å². The van der Waals surface area contributed by atoms with Crippen LogP contribution in [0.3, 0.4) is 0 Å². The molecule has 0 unspecified atom stereocenters. The summed E-state index contributed by atoms with van der Waals surface area (Å²) in [6, 6.07) is 4.98. The van der Waals surface area contributed by atoms with E-state index in [0.717, 1.165) is 30.4 Å². The first kappa shape index (κ1) is 14.0. The van der Waals surface area contributed by atoms with E-state index in [9.17, 15) is 10.1 Å². The van der Waals surface area contributed by atoms with Crippen molar-refractivity contribution in [3.8, 4) is 0 Å². The highest BCUT2D eigenvalue weighted by molar-refractivity contribution is 6.24. The number of rotatable bonds is 5. The zero-order chi connectivity index (χ0) is 13.1. The topological polar surface area (TPSA) is 43.1 Å². The molecular weight excluding hydrogens is 238 g/mol. The molecule has 0 amide bonds. The van der Waals surface area contributed by atoms with E-state index in [0.29, 0.717) is 0 Å². The molecule has 0 aliphatic heterocycles. The average molecular weight is 256 g/mol. The minimum atomic E-state index is -0.402. The summed E-state index contributed by atoms with van der Waals surface area (Å²) < 4.78 is 0. The fourth-order valence-corrected chi connectivity index (χ4v) is 2.24. The van der Waals surface area contributed by atoms with Gasteiger partial charge in [0.1, 0.15) is 0 Å². The SMILES string of the molecule is CCc1cc([N+](=O)[O-])ccc1C(Cl)(CC)CC. The molecule has 0 aliphatic rings. The fraction of sp³-hybridized carbons (Fsp3) is 0.538. The van der Waals surface area contributed by atoms with Crippen LogP contribution in [0.15, 0.2) is 18.2 Å². The highest BCUT2D eigenvalue weighted by Crippen LogP contribution is 2.39. The highest BCUT2D eigenvalue weighted by atomic mass is 35.5. The number of non-ortho nitro benzene ring substituents is 1. The molecule has 0 heterocycles. The van der Waals surface area contributed by atoms with Gasteiger partial charge in [-0.15, -0.1) is 11.6 Å². The third kappa shape index (κ3) is 2.78. The van der Waals surface area contributed by atoms with Gasteiger partial charge in [-0.05, 0) is 30.4 Å². The number of nitro groups is 1. The van der Waals surface area contributed by atoms with Crippen molar-refractivity contribution in [2.24, 2.45) is 0 Å². The van der Waals surface area contributed by atoms with E-state index < -0.39 is 4.87 Å². The van der Waals surface area contributed by atoms with Crippen molar-refractivity contribution >= 4 is 17.3 Å². The molecule has 0 radical (unpaired) electrons. The van der Waals surface area contributed by atoms with E-state index in [1.807, 2.05) is 20.8 Å². The summed E-state index contributed by atoms with van der Waals surface area (Å²) in [4.78, 5) is 9.98. The van der Waals surface area contributed by atoms with Crippen LogP contribution < -0.4 is 0 Å². The lowest BCUT2D eigenvalue weighted by molar-refractivity contribution is -0.384. The van der Waals surface area contributed by atoms with Gasteiger partial charge in [-0.2, -0.15) is 0 Å². The number of hydrogen-bond donors (Lipinski definition) is 0. The van der Waals surface area contributed by atoms with Gasteiger partial charge < -0.3 is 0 Å². The van der Waals surface area contributed by atoms with Gasteiger partial charge in [-0.3, -0.25) is 10.1 Å². The first-order chi connectivity index (χ1) is 7.98. The zero-order valence-corrected chi connectivity index (χ0v) is 11.3. The Morgan fingerprint density at radius 3 is 2.29 bits per heavy atom. The Labute approximate surface area is 107 Å². The molecule has 0 saturated heterocycles.